The van der Waals surface area contributed by atoms with Gasteiger partial charge in [0, 0.05) is 34.7 Å². The van der Waals surface area contributed by atoms with Gasteiger partial charge in [0.2, 0.25) is 0 Å². The summed E-state index contributed by atoms with van der Waals surface area (Å²) in [5.41, 5.74) is 3.41. The van der Waals surface area contributed by atoms with Gasteiger partial charge in [0.25, 0.3) is 0 Å². The summed E-state index contributed by atoms with van der Waals surface area (Å²) < 4.78 is 37.4. The number of aryl methyl sites for hydroxylation is 1. The fraction of sp³-hybridized carbons (Fsp3) is 0.321. The van der Waals surface area contributed by atoms with Crippen molar-refractivity contribution in [3.8, 4) is 22.8 Å². The Bertz CT molecular complexity index is 1480. The summed E-state index contributed by atoms with van der Waals surface area (Å²) in [7, 11) is -1.72. The van der Waals surface area contributed by atoms with E-state index >= 15 is 0 Å². The zero-order valence-electron chi connectivity index (χ0n) is 20.3. The number of aromatic amines is 1. The first-order chi connectivity index (χ1) is 17.4. The Kier molecular flexibility index (Phi) is 5.73. The summed E-state index contributed by atoms with van der Waals surface area (Å²) in [5, 5.41) is 0.673. The maximum absolute atomic E-state index is 12.8. The summed E-state index contributed by atoms with van der Waals surface area (Å²) in [6, 6.07) is 17.5. The second kappa shape index (κ2) is 8.94. The van der Waals surface area contributed by atoms with Crippen LogP contribution in [-0.4, -0.2) is 48.5 Å². The number of nitrogens with zero attached hydrogens (tertiary/aromatic N) is 2. The van der Waals surface area contributed by atoms with Gasteiger partial charge in [-0.25, -0.2) is 0 Å². The van der Waals surface area contributed by atoms with Gasteiger partial charge in [-0.2, -0.15) is 8.42 Å². The first-order valence-electron chi connectivity index (χ1n) is 12.3. The number of hydrogen-bond donors (Lipinski definition) is 1. The molecule has 2 saturated heterocycles. The average Bonchev–Trinajstić information content (AvgIpc) is 3.33. The minimum absolute atomic E-state index is 0.119. The van der Waals surface area contributed by atoms with Crippen LogP contribution >= 0.6 is 0 Å². The molecule has 8 heteroatoms. The monoisotopic (exact) mass is 503 g/mol. The lowest BCUT2D eigenvalue weighted by molar-refractivity contribution is 0.0659. The van der Waals surface area contributed by atoms with Crippen molar-refractivity contribution < 1.29 is 17.3 Å². The molecule has 2 aromatic heterocycles. The SMILES string of the molecule is Cc1ccc(S(=O)(=O)Oc2c[nH]c3ccc(-c4ccc(OC5CC6CCC(C5)N6C)cn4)cc23)cc1. The Morgan fingerprint density at radius 1 is 1.00 bits per heavy atom. The van der Waals surface area contributed by atoms with Crippen LogP contribution in [0.2, 0.25) is 0 Å². The molecule has 2 aliphatic heterocycles. The van der Waals surface area contributed by atoms with E-state index in [2.05, 4.69) is 21.9 Å². The summed E-state index contributed by atoms with van der Waals surface area (Å²) in [4.78, 5) is 10.3. The number of H-pyrrole nitrogens is 1. The molecule has 1 N–H and O–H groups in total. The summed E-state index contributed by atoms with van der Waals surface area (Å²) >= 11 is 0. The van der Waals surface area contributed by atoms with Crippen molar-refractivity contribution in [1.29, 1.82) is 0 Å². The van der Waals surface area contributed by atoms with E-state index in [0.29, 0.717) is 17.5 Å². The zero-order chi connectivity index (χ0) is 24.9. The number of ether oxygens (including phenoxy) is 1. The van der Waals surface area contributed by atoms with Gasteiger partial charge in [-0.3, -0.25) is 4.98 Å². The third kappa shape index (κ3) is 4.35. The van der Waals surface area contributed by atoms with Gasteiger partial charge in [0.05, 0.1) is 11.9 Å². The van der Waals surface area contributed by atoms with E-state index in [0.717, 1.165) is 40.9 Å². The number of piperidine rings is 1. The molecule has 0 amide bonds. The Balaban J connectivity index is 1.20. The number of aromatic nitrogens is 2. The van der Waals surface area contributed by atoms with E-state index in [4.69, 9.17) is 8.92 Å². The molecule has 7 nitrogen and oxygen atoms in total. The second-order valence-electron chi connectivity index (χ2n) is 9.90. The molecule has 2 atom stereocenters. The molecule has 2 bridgehead atoms. The normalized spacial score (nSPS) is 22.1. The predicted octanol–water partition coefficient (Wildman–Crippen LogP) is 5.31. The Labute approximate surface area is 211 Å². The molecule has 2 fully saturated rings. The number of fused-ring (bicyclic) bond motifs is 3. The smallest absolute Gasteiger partial charge is 0.339 e. The first-order valence-corrected chi connectivity index (χ1v) is 13.7. The quantitative estimate of drug-likeness (QED) is 0.359. The van der Waals surface area contributed by atoms with Crippen LogP contribution in [0.3, 0.4) is 0 Å². The van der Waals surface area contributed by atoms with Crippen LogP contribution in [-0.2, 0) is 10.1 Å². The lowest BCUT2D eigenvalue weighted by Gasteiger charge is -2.36. The number of hydrogen-bond acceptors (Lipinski definition) is 6. The third-order valence-electron chi connectivity index (χ3n) is 7.54. The molecule has 4 heterocycles. The van der Waals surface area contributed by atoms with Gasteiger partial charge in [0.15, 0.2) is 5.75 Å². The van der Waals surface area contributed by atoms with Crippen molar-refractivity contribution in [1.82, 2.24) is 14.9 Å². The summed E-state index contributed by atoms with van der Waals surface area (Å²) in [6.45, 7) is 1.91. The molecule has 6 rings (SSSR count). The fourth-order valence-electron chi connectivity index (χ4n) is 5.47. The van der Waals surface area contributed by atoms with Gasteiger partial charge >= 0.3 is 10.1 Å². The highest BCUT2D eigenvalue weighted by Gasteiger charge is 2.39. The Hall–Kier alpha value is -3.36. The second-order valence-corrected chi connectivity index (χ2v) is 11.5. The lowest BCUT2D eigenvalue weighted by atomic mass is 10.0. The highest BCUT2D eigenvalue weighted by molar-refractivity contribution is 7.87. The Morgan fingerprint density at radius 3 is 2.44 bits per heavy atom. The van der Waals surface area contributed by atoms with Gasteiger partial charge < -0.3 is 18.8 Å². The molecular formula is C28H29N3O4S. The van der Waals surface area contributed by atoms with Gasteiger partial charge in [-0.1, -0.05) is 23.8 Å². The number of pyridine rings is 1. The number of nitrogens with one attached hydrogen (secondary N) is 1. The van der Waals surface area contributed by atoms with Gasteiger partial charge in [0.1, 0.15) is 16.7 Å². The van der Waals surface area contributed by atoms with Gasteiger partial charge in [-0.05, 0) is 76.1 Å². The van der Waals surface area contributed by atoms with Crippen molar-refractivity contribution >= 4 is 21.0 Å². The van der Waals surface area contributed by atoms with Gasteiger partial charge in [-0.15, -0.1) is 0 Å². The van der Waals surface area contributed by atoms with Crippen LogP contribution in [0.4, 0.5) is 0 Å². The summed E-state index contributed by atoms with van der Waals surface area (Å²) in [6.07, 6.45) is 8.23. The molecule has 0 aliphatic carbocycles. The van der Waals surface area contributed by atoms with Crippen molar-refractivity contribution in [2.45, 2.75) is 55.7 Å². The minimum Gasteiger partial charge on any atom is -0.489 e. The maximum atomic E-state index is 12.8. The molecular weight excluding hydrogens is 474 g/mol. The Morgan fingerprint density at radius 2 is 1.75 bits per heavy atom. The molecule has 2 aliphatic rings. The molecule has 0 radical (unpaired) electrons. The minimum atomic E-state index is -3.95. The average molecular weight is 504 g/mol. The first kappa shape index (κ1) is 23.1. The topological polar surface area (TPSA) is 84.5 Å². The van der Waals surface area contributed by atoms with Crippen LogP contribution in [0.5, 0.6) is 11.5 Å². The van der Waals surface area contributed by atoms with E-state index in [1.807, 2.05) is 37.3 Å². The summed E-state index contributed by atoms with van der Waals surface area (Å²) in [5.74, 6) is 1.04. The number of rotatable bonds is 6. The van der Waals surface area contributed by atoms with E-state index in [1.165, 1.54) is 12.8 Å². The maximum Gasteiger partial charge on any atom is 0.339 e. The largest absolute Gasteiger partial charge is 0.489 e. The molecule has 4 aromatic rings. The highest BCUT2D eigenvalue weighted by Crippen LogP contribution is 2.36. The van der Waals surface area contributed by atoms with E-state index < -0.39 is 10.1 Å². The molecule has 186 valence electrons. The molecule has 0 saturated carbocycles. The van der Waals surface area contributed by atoms with Crippen molar-refractivity contribution in [2.75, 3.05) is 7.05 Å². The van der Waals surface area contributed by atoms with Crippen molar-refractivity contribution in [2.24, 2.45) is 0 Å². The van der Waals surface area contributed by atoms with Crippen molar-refractivity contribution in [3.63, 3.8) is 0 Å². The molecule has 36 heavy (non-hydrogen) atoms. The predicted molar refractivity (Wildman–Crippen MR) is 139 cm³/mol. The fourth-order valence-corrected chi connectivity index (χ4v) is 6.41. The standard InChI is InChI=1S/C28H29N3O4S/c1-18-3-9-24(10-4-18)36(32,33)35-28-17-30-27-11-5-19(13-25(27)28)26-12-8-22(16-29-26)34-23-14-20-6-7-21(15-23)31(20)2/h3-5,8-13,16-17,20-21,23,30H,6-7,14-15H2,1-2H3. The van der Waals surface area contributed by atoms with Crippen LogP contribution in [0.1, 0.15) is 31.2 Å². The van der Waals surface area contributed by atoms with Crippen molar-refractivity contribution in [3.05, 3.63) is 72.6 Å². The number of benzene rings is 2. The highest BCUT2D eigenvalue weighted by atomic mass is 32.2. The zero-order valence-corrected chi connectivity index (χ0v) is 21.2. The van der Waals surface area contributed by atoms with E-state index in [1.54, 1.807) is 36.7 Å². The molecule has 2 aromatic carbocycles. The van der Waals surface area contributed by atoms with Crippen LogP contribution in [0.15, 0.2) is 71.9 Å². The van der Waals surface area contributed by atoms with Crippen LogP contribution < -0.4 is 8.92 Å². The third-order valence-corrected chi connectivity index (χ3v) is 8.79. The molecule has 0 spiro atoms. The van der Waals surface area contributed by atoms with Crippen LogP contribution in [0.25, 0.3) is 22.2 Å². The van der Waals surface area contributed by atoms with E-state index in [9.17, 15) is 8.42 Å². The van der Waals surface area contributed by atoms with E-state index in [-0.39, 0.29) is 16.7 Å². The molecule has 2 unspecified atom stereocenters. The lowest BCUT2D eigenvalue weighted by Crippen LogP contribution is -2.43. The van der Waals surface area contributed by atoms with Crippen LogP contribution in [0, 0.1) is 6.92 Å².